The largest absolute Gasteiger partial charge is 0.327 e. The second-order valence-corrected chi connectivity index (χ2v) is 5.80. The molecule has 4 atom stereocenters. The zero-order valence-corrected chi connectivity index (χ0v) is 10.5. The molecule has 0 radical (unpaired) electrons. The number of nitrogens with two attached hydrogens (primary N) is 1. The Balaban J connectivity index is 1.73. The van der Waals surface area contributed by atoms with Gasteiger partial charge in [-0.2, -0.15) is 0 Å². The van der Waals surface area contributed by atoms with Crippen molar-refractivity contribution in [2.24, 2.45) is 11.7 Å². The highest BCUT2D eigenvalue weighted by atomic mass is 15.0. The fourth-order valence-corrected chi connectivity index (χ4v) is 3.47. The van der Waals surface area contributed by atoms with Crippen LogP contribution in [0.3, 0.4) is 0 Å². The molecule has 2 heterocycles. The minimum absolute atomic E-state index is 0.384. The molecule has 0 aromatic heterocycles. The van der Waals surface area contributed by atoms with Crippen LogP contribution in [0.15, 0.2) is 24.3 Å². The molecular formula is C15H22N2. The summed E-state index contributed by atoms with van der Waals surface area (Å²) in [6, 6.07) is 10.7. The zero-order chi connectivity index (χ0) is 11.8. The highest BCUT2D eigenvalue weighted by molar-refractivity contribution is 5.22. The van der Waals surface area contributed by atoms with Crippen molar-refractivity contribution >= 4 is 0 Å². The van der Waals surface area contributed by atoms with Gasteiger partial charge in [-0.1, -0.05) is 29.8 Å². The number of fused-ring (bicyclic) bond motifs is 2. The molecule has 0 amide bonds. The predicted molar refractivity (Wildman–Crippen MR) is 70.9 cm³/mol. The van der Waals surface area contributed by atoms with Gasteiger partial charge >= 0.3 is 0 Å². The maximum absolute atomic E-state index is 6.34. The molecule has 2 bridgehead atoms. The number of hydrogen-bond donors (Lipinski definition) is 2. The lowest BCUT2D eigenvalue weighted by atomic mass is 9.83. The smallest absolute Gasteiger partial charge is 0.0116 e. The van der Waals surface area contributed by atoms with E-state index in [0.717, 1.165) is 12.8 Å². The Kier molecular flexibility index (Phi) is 2.93. The van der Waals surface area contributed by atoms with Crippen LogP contribution in [0, 0.1) is 12.8 Å². The van der Waals surface area contributed by atoms with Crippen LogP contribution in [0.5, 0.6) is 0 Å². The van der Waals surface area contributed by atoms with Gasteiger partial charge in [0.15, 0.2) is 0 Å². The Morgan fingerprint density at radius 2 is 2.00 bits per heavy atom. The first-order valence-corrected chi connectivity index (χ1v) is 6.79. The van der Waals surface area contributed by atoms with Crippen molar-refractivity contribution in [2.45, 2.75) is 50.7 Å². The Bertz CT molecular complexity index is 384. The van der Waals surface area contributed by atoms with Crippen molar-refractivity contribution in [3.8, 4) is 0 Å². The van der Waals surface area contributed by atoms with Crippen LogP contribution in [0.1, 0.15) is 30.4 Å². The molecule has 92 valence electrons. The molecule has 1 aromatic carbocycles. The number of rotatable bonds is 2. The van der Waals surface area contributed by atoms with Crippen molar-refractivity contribution in [3.05, 3.63) is 35.4 Å². The number of benzene rings is 1. The third-order valence-corrected chi connectivity index (χ3v) is 4.49. The number of hydrogen-bond acceptors (Lipinski definition) is 2. The zero-order valence-electron chi connectivity index (χ0n) is 10.5. The van der Waals surface area contributed by atoms with Gasteiger partial charge < -0.3 is 11.1 Å². The lowest BCUT2D eigenvalue weighted by molar-refractivity contribution is 0.250. The van der Waals surface area contributed by atoms with E-state index in [2.05, 4.69) is 36.5 Å². The monoisotopic (exact) mass is 230 g/mol. The van der Waals surface area contributed by atoms with E-state index in [9.17, 15) is 0 Å². The van der Waals surface area contributed by atoms with E-state index in [1.165, 1.54) is 24.0 Å². The predicted octanol–water partition coefficient (Wildman–Crippen LogP) is 2.01. The molecule has 2 fully saturated rings. The molecule has 0 aliphatic carbocycles. The number of nitrogens with one attached hydrogen (secondary N) is 1. The Hall–Kier alpha value is -0.860. The van der Waals surface area contributed by atoms with Crippen LogP contribution in [-0.2, 0) is 6.42 Å². The van der Waals surface area contributed by atoms with Gasteiger partial charge in [0.2, 0.25) is 0 Å². The summed E-state index contributed by atoms with van der Waals surface area (Å²) in [6.45, 7) is 2.14. The molecule has 4 unspecified atom stereocenters. The van der Waals surface area contributed by atoms with Crippen LogP contribution in [-0.4, -0.2) is 18.1 Å². The summed E-state index contributed by atoms with van der Waals surface area (Å²) in [5.41, 5.74) is 9.11. The Morgan fingerprint density at radius 1 is 1.24 bits per heavy atom. The molecule has 3 rings (SSSR count). The molecule has 2 nitrogen and oxygen atoms in total. The third kappa shape index (κ3) is 2.24. The summed E-state index contributed by atoms with van der Waals surface area (Å²) >= 11 is 0. The van der Waals surface area contributed by atoms with Crippen molar-refractivity contribution in [1.82, 2.24) is 5.32 Å². The maximum atomic E-state index is 6.34. The molecule has 2 aliphatic heterocycles. The fourth-order valence-electron chi connectivity index (χ4n) is 3.47. The van der Waals surface area contributed by atoms with Gasteiger partial charge in [-0.15, -0.1) is 0 Å². The number of piperidine rings is 1. The van der Waals surface area contributed by atoms with Crippen LogP contribution in [0.2, 0.25) is 0 Å². The summed E-state index contributed by atoms with van der Waals surface area (Å²) in [5.74, 6) is 0.622. The van der Waals surface area contributed by atoms with E-state index in [1.54, 1.807) is 0 Å². The first kappa shape index (κ1) is 11.2. The minimum Gasteiger partial charge on any atom is -0.327 e. The van der Waals surface area contributed by atoms with Gasteiger partial charge in [-0.25, -0.2) is 0 Å². The normalized spacial score (nSPS) is 36.1. The summed E-state index contributed by atoms with van der Waals surface area (Å²) in [7, 11) is 0. The molecule has 3 N–H and O–H groups in total. The molecule has 17 heavy (non-hydrogen) atoms. The van der Waals surface area contributed by atoms with Gasteiger partial charge in [0, 0.05) is 18.1 Å². The van der Waals surface area contributed by atoms with E-state index in [1.807, 2.05) is 0 Å². The second-order valence-electron chi connectivity index (χ2n) is 5.80. The molecule has 2 heteroatoms. The van der Waals surface area contributed by atoms with Crippen LogP contribution in [0.4, 0.5) is 0 Å². The molecule has 2 aliphatic rings. The average Bonchev–Trinajstić information content (AvgIpc) is 2.71. The molecule has 0 spiro atoms. The quantitative estimate of drug-likeness (QED) is 0.815. The molecule has 2 saturated heterocycles. The van der Waals surface area contributed by atoms with Crippen molar-refractivity contribution < 1.29 is 0 Å². The van der Waals surface area contributed by atoms with E-state index in [4.69, 9.17) is 5.73 Å². The molecule has 0 saturated carbocycles. The fraction of sp³-hybridized carbons (Fsp3) is 0.600. The van der Waals surface area contributed by atoms with Gasteiger partial charge in [0.25, 0.3) is 0 Å². The van der Waals surface area contributed by atoms with Crippen molar-refractivity contribution in [3.63, 3.8) is 0 Å². The average molecular weight is 230 g/mol. The van der Waals surface area contributed by atoms with Crippen LogP contribution in [0.25, 0.3) is 0 Å². The van der Waals surface area contributed by atoms with Gasteiger partial charge in [-0.3, -0.25) is 0 Å². The molecule has 1 aromatic rings. The number of aryl methyl sites for hydroxylation is 1. The van der Waals surface area contributed by atoms with Gasteiger partial charge in [0.1, 0.15) is 0 Å². The highest BCUT2D eigenvalue weighted by Crippen LogP contribution is 2.32. The van der Waals surface area contributed by atoms with E-state index >= 15 is 0 Å². The second kappa shape index (κ2) is 4.43. The standard InChI is InChI=1S/C15H22N2/c1-10-2-4-11(5-3-10)8-13-14(16)9-12-6-7-15(13)17-12/h2-5,12-15,17H,6-9,16H2,1H3. The van der Waals surface area contributed by atoms with Gasteiger partial charge in [0.05, 0.1) is 0 Å². The van der Waals surface area contributed by atoms with Crippen molar-refractivity contribution in [2.75, 3.05) is 0 Å². The topological polar surface area (TPSA) is 38.0 Å². The van der Waals surface area contributed by atoms with Crippen molar-refractivity contribution in [1.29, 1.82) is 0 Å². The first-order chi connectivity index (χ1) is 8.22. The van der Waals surface area contributed by atoms with E-state index in [0.29, 0.717) is 24.0 Å². The Morgan fingerprint density at radius 3 is 2.76 bits per heavy atom. The summed E-state index contributed by atoms with van der Waals surface area (Å²) in [5, 5.41) is 3.72. The van der Waals surface area contributed by atoms with Crippen LogP contribution < -0.4 is 11.1 Å². The third-order valence-electron chi connectivity index (χ3n) is 4.49. The first-order valence-electron chi connectivity index (χ1n) is 6.79. The van der Waals surface area contributed by atoms with Crippen LogP contribution >= 0.6 is 0 Å². The summed E-state index contributed by atoms with van der Waals surface area (Å²) < 4.78 is 0. The van der Waals surface area contributed by atoms with E-state index in [-0.39, 0.29) is 0 Å². The minimum atomic E-state index is 0.384. The lowest BCUT2D eigenvalue weighted by Crippen LogP contribution is -2.52. The Labute approximate surface area is 104 Å². The molecular weight excluding hydrogens is 208 g/mol. The van der Waals surface area contributed by atoms with Gasteiger partial charge in [-0.05, 0) is 44.1 Å². The summed E-state index contributed by atoms with van der Waals surface area (Å²) in [6.07, 6.45) is 4.93. The SMILES string of the molecule is Cc1ccc(CC2C(N)CC3CCC2N3)cc1. The lowest BCUT2D eigenvalue weighted by Gasteiger charge is -2.35. The van der Waals surface area contributed by atoms with E-state index < -0.39 is 0 Å². The maximum Gasteiger partial charge on any atom is 0.0116 e. The highest BCUT2D eigenvalue weighted by Gasteiger charge is 2.39. The summed E-state index contributed by atoms with van der Waals surface area (Å²) in [4.78, 5) is 0.